The molecule has 0 radical (unpaired) electrons. The molecular formula is C23H27N3O5. The van der Waals surface area contributed by atoms with Crippen LogP contribution in [0.25, 0.3) is 0 Å². The number of nitrogens with two attached hydrogens (primary N) is 1. The highest BCUT2D eigenvalue weighted by molar-refractivity contribution is 5.74. The Hall–Kier alpha value is -2.97. The zero-order valence-corrected chi connectivity index (χ0v) is 17.4. The van der Waals surface area contributed by atoms with Crippen LogP contribution in [0.5, 0.6) is 23.0 Å². The maximum absolute atomic E-state index is 11.7. The van der Waals surface area contributed by atoms with Crippen LogP contribution in [0.15, 0.2) is 36.4 Å². The molecule has 0 aliphatic carbocycles. The lowest BCUT2D eigenvalue weighted by molar-refractivity contribution is -0.119. The van der Waals surface area contributed by atoms with Crippen LogP contribution in [0.4, 0.5) is 0 Å². The summed E-state index contributed by atoms with van der Waals surface area (Å²) in [4.78, 5) is 16.5. The molecule has 2 aromatic rings. The summed E-state index contributed by atoms with van der Waals surface area (Å²) in [7, 11) is 0. The van der Waals surface area contributed by atoms with Gasteiger partial charge in [-0.1, -0.05) is 12.1 Å². The number of hydrogen-bond donors (Lipinski definition) is 1. The van der Waals surface area contributed by atoms with Crippen LogP contribution in [0.1, 0.15) is 17.5 Å². The van der Waals surface area contributed by atoms with E-state index in [1.807, 2.05) is 24.3 Å². The number of fused-ring (bicyclic) bond motifs is 2. The Morgan fingerprint density at radius 2 is 1.55 bits per heavy atom. The molecule has 8 nitrogen and oxygen atoms in total. The molecule has 2 N–H and O–H groups in total. The standard InChI is InChI=1S/C23H27N3O5/c24-23(27)11-18-13-25(12-17-2-4-20-22(10-17)31-15-29-20)7-8-26(18)6-5-16-1-3-19-21(9-16)30-14-28-19/h1-4,9-10,18H,5-8,11-15H2,(H2,24,27). The van der Waals surface area contributed by atoms with Gasteiger partial charge in [0, 0.05) is 45.2 Å². The van der Waals surface area contributed by atoms with Crippen LogP contribution >= 0.6 is 0 Å². The molecule has 3 aliphatic heterocycles. The second-order valence-electron chi connectivity index (χ2n) is 8.22. The van der Waals surface area contributed by atoms with Crippen molar-refractivity contribution in [3.63, 3.8) is 0 Å². The predicted octanol–water partition coefficient (Wildman–Crippen LogP) is 1.75. The van der Waals surface area contributed by atoms with Crippen LogP contribution in [0, 0.1) is 0 Å². The molecule has 31 heavy (non-hydrogen) atoms. The van der Waals surface area contributed by atoms with Crippen molar-refractivity contribution >= 4 is 5.91 Å². The first-order valence-electron chi connectivity index (χ1n) is 10.7. The smallest absolute Gasteiger partial charge is 0.231 e. The number of piperazine rings is 1. The number of benzene rings is 2. The molecule has 0 aromatic heterocycles. The minimum Gasteiger partial charge on any atom is -0.454 e. The Kier molecular flexibility index (Phi) is 5.57. The SMILES string of the molecule is NC(=O)CC1CN(Cc2ccc3c(c2)OCO3)CCN1CCc1ccc2c(c1)OCO2. The number of primary amides is 1. The third-order valence-electron chi connectivity index (χ3n) is 6.09. The van der Waals surface area contributed by atoms with Gasteiger partial charge < -0.3 is 24.7 Å². The summed E-state index contributed by atoms with van der Waals surface area (Å²) in [6.07, 6.45) is 1.24. The summed E-state index contributed by atoms with van der Waals surface area (Å²) in [5.74, 6) is 2.94. The van der Waals surface area contributed by atoms with Crippen molar-refractivity contribution in [3.8, 4) is 23.0 Å². The van der Waals surface area contributed by atoms with Crippen LogP contribution in [-0.4, -0.2) is 61.5 Å². The molecule has 8 heteroatoms. The van der Waals surface area contributed by atoms with Gasteiger partial charge in [0.2, 0.25) is 19.5 Å². The molecule has 1 amide bonds. The van der Waals surface area contributed by atoms with Gasteiger partial charge in [-0.05, 0) is 41.8 Å². The monoisotopic (exact) mass is 425 g/mol. The van der Waals surface area contributed by atoms with E-state index in [0.717, 1.165) is 62.1 Å². The molecule has 164 valence electrons. The minimum absolute atomic E-state index is 0.106. The van der Waals surface area contributed by atoms with Gasteiger partial charge in [-0.15, -0.1) is 0 Å². The average molecular weight is 425 g/mol. The van der Waals surface area contributed by atoms with E-state index in [2.05, 4.69) is 21.9 Å². The first kappa shape index (κ1) is 20.0. The van der Waals surface area contributed by atoms with E-state index < -0.39 is 0 Å². The van der Waals surface area contributed by atoms with Gasteiger partial charge in [0.25, 0.3) is 0 Å². The van der Waals surface area contributed by atoms with Crippen molar-refractivity contribution in [2.75, 3.05) is 39.8 Å². The Morgan fingerprint density at radius 1 is 0.903 bits per heavy atom. The fraction of sp³-hybridized carbons (Fsp3) is 0.435. The number of carbonyl (C=O) groups excluding carboxylic acids is 1. The number of amides is 1. The summed E-state index contributed by atoms with van der Waals surface area (Å²) < 4.78 is 21.8. The average Bonchev–Trinajstić information content (AvgIpc) is 3.41. The van der Waals surface area contributed by atoms with Gasteiger partial charge in [-0.2, -0.15) is 0 Å². The van der Waals surface area contributed by atoms with Gasteiger partial charge in [0.05, 0.1) is 0 Å². The molecule has 0 bridgehead atoms. The molecule has 2 aromatic carbocycles. The van der Waals surface area contributed by atoms with E-state index in [1.165, 1.54) is 11.1 Å². The van der Waals surface area contributed by atoms with Gasteiger partial charge >= 0.3 is 0 Å². The number of carbonyl (C=O) groups is 1. The lowest BCUT2D eigenvalue weighted by Gasteiger charge is -2.41. The van der Waals surface area contributed by atoms with Crippen molar-refractivity contribution in [1.82, 2.24) is 9.80 Å². The van der Waals surface area contributed by atoms with Gasteiger partial charge in [0.15, 0.2) is 23.0 Å². The molecule has 0 saturated carbocycles. The van der Waals surface area contributed by atoms with Crippen molar-refractivity contribution < 1.29 is 23.7 Å². The first-order valence-corrected chi connectivity index (χ1v) is 10.7. The summed E-state index contributed by atoms with van der Waals surface area (Å²) in [6.45, 7) is 4.88. The lowest BCUT2D eigenvalue weighted by atomic mass is 10.0. The summed E-state index contributed by atoms with van der Waals surface area (Å²) >= 11 is 0. The van der Waals surface area contributed by atoms with Crippen molar-refractivity contribution in [3.05, 3.63) is 47.5 Å². The summed E-state index contributed by atoms with van der Waals surface area (Å²) in [5, 5.41) is 0. The molecule has 1 fully saturated rings. The molecule has 3 heterocycles. The second-order valence-corrected chi connectivity index (χ2v) is 8.22. The number of ether oxygens (including phenoxy) is 4. The lowest BCUT2D eigenvalue weighted by Crippen LogP contribution is -2.54. The Labute approximate surface area is 181 Å². The van der Waals surface area contributed by atoms with Crippen molar-refractivity contribution in [2.45, 2.75) is 25.4 Å². The Morgan fingerprint density at radius 3 is 2.26 bits per heavy atom. The van der Waals surface area contributed by atoms with Crippen LogP contribution < -0.4 is 24.7 Å². The van der Waals surface area contributed by atoms with Crippen LogP contribution in [0.2, 0.25) is 0 Å². The molecule has 5 rings (SSSR count). The van der Waals surface area contributed by atoms with E-state index in [-0.39, 0.29) is 25.5 Å². The molecule has 1 saturated heterocycles. The molecule has 1 unspecified atom stereocenters. The number of rotatable bonds is 7. The maximum atomic E-state index is 11.7. The third kappa shape index (κ3) is 4.55. The van der Waals surface area contributed by atoms with E-state index in [9.17, 15) is 4.79 Å². The number of nitrogens with zero attached hydrogens (tertiary/aromatic N) is 2. The van der Waals surface area contributed by atoms with Gasteiger partial charge in [-0.3, -0.25) is 14.6 Å². The Bertz CT molecular complexity index is 966. The summed E-state index contributed by atoms with van der Waals surface area (Å²) in [6, 6.07) is 12.3. The van der Waals surface area contributed by atoms with E-state index >= 15 is 0 Å². The normalized spacial score (nSPS) is 20.2. The maximum Gasteiger partial charge on any atom is 0.231 e. The van der Waals surface area contributed by atoms with Crippen LogP contribution in [-0.2, 0) is 17.8 Å². The second kappa shape index (κ2) is 8.64. The zero-order chi connectivity index (χ0) is 21.2. The minimum atomic E-state index is -0.261. The zero-order valence-electron chi connectivity index (χ0n) is 17.4. The fourth-order valence-corrected chi connectivity index (χ4v) is 4.49. The highest BCUT2D eigenvalue weighted by Gasteiger charge is 2.28. The highest BCUT2D eigenvalue weighted by Crippen LogP contribution is 2.34. The third-order valence-corrected chi connectivity index (χ3v) is 6.09. The summed E-state index contributed by atoms with van der Waals surface area (Å²) in [5.41, 5.74) is 7.94. The number of hydrogen-bond acceptors (Lipinski definition) is 7. The van der Waals surface area contributed by atoms with E-state index in [1.54, 1.807) is 0 Å². The van der Waals surface area contributed by atoms with Crippen molar-refractivity contribution in [1.29, 1.82) is 0 Å². The molecule has 1 atom stereocenters. The van der Waals surface area contributed by atoms with Crippen LogP contribution in [0.3, 0.4) is 0 Å². The quantitative estimate of drug-likeness (QED) is 0.723. The topological polar surface area (TPSA) is 86.5 Å². The molecule has 0 spiro atoms. The van der Waals surface area contributed by atoms with E-state index in [4.69, 9.17) is 24.7 Å². The highest BCUT2D eigenvalue weighted by atomic mass is 16.7. The van der Waals surface area contributed by atoms with E-state index in [0.29, 0.717) is 6.42 Å². The first-order chi connectivity index (χ1) is 15.1. The molecular weight excluding hydrogens is 398 g/mol. The van der Waals surface area contributed by atoms with Gasteiger partial charge in [-0.25, -0.2) is 0 Å². The van der Waals surface area contributed by atoms with Gasteiger partial charge in [0.1, 0.15) is 0 Å². The molecule has 3 aliphatic rings. The largest absolute Gasteiger partial charge is 0.454 e. The predicted molar refractivity (Wildman–Crippen MR) is 113 cm³/mol. The van der Waals surface area contributed by atoms with Crippen molar-refractivity contribution in [2.24, 2.45) is 5.73 Å². The fourth-order valence-electron chi connectivity index (χ4n) is 4.49. The Balaban J connectivity index is 1.21.